The van der Waals surface area contributed by atoms with Crippen LogP contribution in [0.3, 0.4) is 0 Å². The van der Waals surface area contributed by atoms with E-state index in [4.69, 9.17) is 4.74 Å². The fraction of sp³-hybridized carbons (Fsp3) is 0.462. The smallest absolute Gasteiger partial charge is 0.322 e. The van der Waals surface area contributed by atoms with Gasteiger partial charge < -0.3 is 10.1 Å². The van der Waals surface area contributed by atoms with Gasteiger partial charge in [-0.25, -0.2) is 0 Å². The van der Waals surface area contributed by atoms with Crippen molar-refractivity contribution in [3.05, 3.63) is 29.8 Å². The maximum atomic E-state index is 12.0. The largest absolute Gasteiger partial charge is 0.438 e. The normalized spacial score (nSPS) is 38.3. The Morgan fingerprint density at radius 1 is 1.35 bits per heavy atom. The van der Waals surface area contributed by atoms with Gasteiger partial charge in [-0.05, 0) is 31.7 Å². The third-order valence-corrected chi connectivity index (χ3v) is 5.26. The summed E-state index contributed by atoms with van der Waals surface area (Å²) in [5.41, 5.74) is 1.32. The number of hydrogen-bond acceptors (Lipinski definition) is 4. The third kappa shape index (κ3) is 1.12. The van der Waals surface area contributed by atoms with Crippen LogP contribution in [0.2, 0.25) is 0 Å². The average molecular weight is 249 g/mol. The van der Waals surface area contributed by atoms with E-state index in [9.17, 15) is 4.79 Å². The Kier molecular flexibility index (Phi) is 2.06. The number of carbonyl (C=O) groups is 1. The monoisotopic (exact) mass is 249 g/mol. The van der Waals surface area contributed by atoms with Crippen LogP contribution < -0.4 is 5.32 Å². The fourth-order valence-electron chi connectivity index (χ4n) is 3.03. The Morgan fingerprint density at radius 2 is 2.06 bits per heavy atom. The molecule has 17 heavy (non-hydrogen) atoms. The molecule has 0 amide bonds. The highest BCUT2D eigenvalue weighted by atomic mass is 32.2. The molecule has 2 heterocycles. The number of para-hydroxylation sites is 1. The van der Waals surface area contributed by atoms with Gasteiger partial charge in [0.05, 0.1) is 5.41 Å². The Labute approximate surface area is 105 Å². The molecule has 0 unspecified atom stereocenters. The number of benzene rings is 1. The number of carbonyl (C=O) groups excluding carboxylic acids is 1. The molecule has 3 rings (SSSR count). The van der Waals surface area contributed by atoms with Gasteiger partial charge in [0.25, 0.3) is 0 Å². The van der Waals surface area contributed by atoms with E-state index in [1.54, 1.807) is 11.8 Å². The summed E-state index contributed by atoms with van der Waals surface area (Å²) >= 11 is 1.56. The molecule has 3 atom stereocenters. The van der Waals surface area contributed by atoms with Crippen molar-refractivity contribution in [3.8, 4) is 0 Å². The molecular weight excluding hydrogens is 234 g/mol. The van der Waals surface area contributed by atoms with E-state index in [0.29, 0.717) is 0 Å². The number of rotatable bonds is 1. The summed E-state index contributed by atoms with van der Waals surface area (Å²) in [6.45, 7) is 4.07. The van der Waals surface area contributed by atoms with Crippen LogP contribution in [0.15, 0.2) is 24.3 Å². The summed E-state index contributed by atoms with van der Waals surface area (Å²) < 4.78 is 5.59. The lowest BCUT2D eigenvalue weighted by Crippen LogP contribution is -2.48. The molecule has 0 radical (unpaired) electrons. The van der Waals surface area contributed by atoms with Crippen LogP contribution in [0.1, 0.15) is 19.4 Å². The first kappa shape index (κ1) is 11.0. The van der Waals surface area contributed by atoms with E-state index in [0.717, 1.165) is 5.69 Å². The first-order chi connectivity index (χ1) is 8.03. The van der Waals surface area contributed by atoms with Crippen LogP contribution in [0.4, 0.5) is 5.69 Å². The minimum atomic E-state index is -0.624. The summed E-state index contributed by atoms with van der Waals surface area (Å²) in [4.78, 5) is 12.0. The van der Waals surface area contributed by atoms with Gasteiger partial charge in [0.15, 0.2) is 5.72 Å². The minimum absolute atomic E-state index is 0.121. The molecule has 4 heteroatoms. The number of thioether (sulfide) groups is 1. The molecule has 1 saturated heterocycles. The van der Waals surface area contributed by atoms with Crippen LogP contribution in [-0.2, 0) is 14.9 Å². The van der Waals surface area contributed by atoms with E-state index < -0.39 is 5.72 Å². The summed E-state index contributed by atoms with van der Waals surface area (Å²) in [5.74, 6) is -0.121. The second-order valence-electron chi connectivity index (χ2n) is 4.94. The quantitative estimate of drug-likeness (QED) is 0.776. The molecule has 0 spiro atoms. The van der Waals surface area contributed by atoms with E-state index in [1.165, 1.54) is 5.56 Å². The maximum absolute atomic E-state index is 12.0. The standard InChI is InChI=1S/C13H15NO2S/c1-12-8-6-4-5-7-9(8)14-13(12,2)16-11(15)10(12)17-3/h4-7,10,14H,1-3H3/t10-,12-,13+/m1/s1. The van der Waals surface area contributed by atoms with Gasteiger partial charge in [0.1, 0.15) is 5.25 Å². The van der Waals surface area contributed by atoms with Crippen molar-refractivity contribution >= 4 is 23.4 Å². The first-order valence-corrected chi connectivity index (χ1v) is 6.95. The van der Waals surface area contributed by atoms with Crippen LogP contribution in [-0.4, -0.2) is 23.2 Å². The van der Waals surface area contributed by atoms with Crippen molar-refractivity contribution in [2.45, 2.75) is 30.2 Å². The highest BCUT2D eigenvalue weighted by Gasteiger charge is 2.66. The van der Waals surface area contributed by atoms with Gasteiger partial charge in [-0.3, -0.25) is 4.79 Å². The van der Waals surface area contributed by atoms with Gasteiger partial charge >= 0.3 is 5.97 Å². The van der Waals surface area contributed by atoms with Gasteiger partial charge in [-0.1, -0.05) is 18.2 Å². The predicted molar refractivity (Wildman–Crippen MR) is 69.2 cm³/mol. The third-order valence-electron chi connectivity index (χ3n) is 4.13. The second-order valence-corrected chi connectivity index (χ2v) is 5.89. The highest BCUT2D eigenvalue weighted by Crippen LogP contribution is 2.56. The van der Waals surface area contributed by atoms with Gasteiger partial charge in [0, 0.05) is 5.69 Å². The number of esters is 1. The highest BCUT2D eigenvalue weighted by molar-refractivity contribution is 8.00. The Hall–Kier alpha value is -1.16. The SMILES string of the molecule is CS[C@@H]1C(=O)O[C@]2(C)Nc3ccccc3[C@]12C. The van der Waals surface area contributed by atoms with E-state index in [2.05, 4.69) is 18.3 Å². The number of nitrogens with one attached hydrogen (secondary N) is 1. The van der Waals surface area contributed by atoms with Crippen molar-refractivity contribution < 1.29 is 9.53 Å². The minimum Gasteiger partial charge on any atom is -0.438 e. The van der Waals surface area contributed by atoms with E-state index in [-0.39, 0.29) is 16.6 Å². The van der Waals surface area contributed by atoms with Crippen LogP contribution in [0.25, 0.3) is 0 Å². The second kappa shape index (κ2) is 3.19. The maximum Gasteiger partial charge on any atom is 0.322 e. The average Bonchev–Trinajstić information content (AvgIpc) is 2.60. The number of ether oxygens (including phenoxy) is 1. The molecule has 0 bridgehead atoms. The Morgan fingerprint density at radius 3 is 2.76 bits per heavy atom. The zero-order chi connectivity index (χ0) is 12.3. The molecule has 2 aliphatic heterocycles. The number of fused-ring (bicyclic) bond motifs is 3. The molecule has 1 fully saturated rings. The zero-order valence-corrected chi connectivity index (χ0v) is 10.9. The molecule has 0 aromatic heterocycles. The number of hydrogen-bond donors (Lipinski definition) is 1. The Balaban J connectivity index is 2.23. The van der Waals surface area contributed by atoms with Crippen LogP contribution in [0, 0.1) is 0 Å². The fourth-order valence-corrected chi connectivity index (χ4v) is 4.10. The van der Waals surface area contributed by atoms with E-state index in [1.807, 2.05) is 31.4 Å². The lowest BCUT2D eigenvalue weighted by Gasteiger charge is -2.33. The van der Waals surface area contributed by atoms with Gasteiger partial charge in [0.2, 0.25) is 0 Å². The van der Waals surface area contributed by atoms with Crippen molar-refractivity contribution in [3.63, 3.8) is 0 Å². The van der Waals surface area contributed by atoms with Crippen LogP contribution >= 0.6 is 11.8 Å². The molecule has 1 aromatic carbocycles. The summed E-state index contributed by atoms with van der Waals surface area (Å²) in [6.07, 6.45) is 1.96. The van der Waals surface area contributed by atoms with Gasteiger partial charge in [-0.15, -0.1) is 11.8 Å². The molecule has 0 aliphatic carbocycles. The topological polar surface area (TPSA) is 38.3 Å². The molecule has 0 saturated carbocycles. The molecule has 1 aromatic rings. The van der Waals surface area contributed by atoms with Crippen molar-refractivity contribution in [1.82, 2.24) is 0 Å². The lowest BCUT2D eigenvalue weighted by atomic mass is 9.75. The van der Waals surface area contributed by atoms with Crippen molar-refractivity contribution in [1.29, 1.82) is 0 Å². The van der Waals surface area contributed by atoms with E-state index >= 15 is 0 Å². The van der Waals surface area contributed by atoms with Crippen LogP contribution in [0.5, 0.6) is 0 Å². The van der Waals surface area contributed by atoms with Crippen molar-refractivity contribution in [2.24, 2.45) is 0 Å². The lowest BCUT2D eigenvalue weighted by molar-refractivity contribution is -0.145. The number of anilines is 1. The molecule has 3 nitrogen and oxygen atoms in total. The summed E-state index contributed by atoms with van der Waals surface area (Å²) in [6, 6.07) is 8.13. The first-order valence-electron chi connectivity index (χ1n) is 5.66. The molecule has 2 aliphatic rings. The summed E-state index contributed by atoms with van der Waals surface area (Å²) in [7, 11) is 0. The van der Waals surface area contributed by atoms with Crippen molar-refractivity contribution in [2.75, 3.05) is 11.6 Å². The predicted octanol–water partition coefficient (Wildman–Crippen LogP) is 2.37. The Bertz CT molecular complexity index is 504. The molecule has 1 N–H and O–H groups in total. The summed E-state index contributed by atoms with van der Waals surface area (Å²) in [5, 5.41) is 3.20. The zero-order valence-electron chi connectivity index (χ0n) is 10.1. The molecular formula is C13H15NO2S. The van der Waals surface area contributed by atoms with Gasteiger partial charge in [-0.2, -0.15) is 0 Å². The molecule has 90 valence electrons.